The molecule has 2 amide bonds. The zero-order valence-corrected chi connectivity index (χ0v) is 8.23. The van der Waals surface area contributed by atoms with E-state index in [1.807, 2.05) is 0 Å². The van der Waals surface area contributed by atoms with E-state index in [1.165, 1.54) is 6.20 Å². The number of aromatic hydroxyl groups is 1. The standard InChI is InChI=1S/C9H14N4O2/c10-9(15)12-4-3-11-5-7-1-2-8(14)6-13-7/h1-2,6,11,14H,3-5H2,(H3,10,12,15). The molecule has 0 aliphatic heterocycles. The number of urea groups is 1. The first kappa shape index (κ1) is 11.3. The Kier molecular flexibility index (Phi) is 4.36. The third-order valence-electron chi connectivity index (χ3n) is 1.72. The van der Waals surface area contributed by atoms with Crippen molar-refractivity contribution >= 4 is 6.03 Å². The molecule has 1 rings (SSSR count). The van der Waals surface area contributed by atoms with Gasteiger partial charge in [-0.3, -0.25) is 4.98 Å². The van der Waals surface area contributed by atoms with Crippen molar-refractivity contribution in [3.8, 4) is 5.75 Å². The van der Waals surface area contributed by atoms with Gasteiger partial charge in [0.15, 0.2) is 0 Å². The fourth-order valence-electron chi connectivity index (χ4n) is 1.01. The smallest absolute Gasteiger partial charge is 0.312 e. The zero-order valence-electron chi connectivity index (χ0n) is 8.23. The Bertz CT molecular complexity index is 312. The van der Waals surface area contributed by atoms with Crippen molar-refractivity contribution in [1.82, 2.24) is 15.6 Å². The Morgan fingerprint density at radius 1 is 1.47 bits per heavy atom. The highest BCUT2D eigenvalue weighted by atomic mass is 16.3. The lowest BCUT2D eigenvalue weighted by Crippen LogP contribution is -2.35. The van der Waals surface area contributed by atoms with Crippen LogP contribution < -0.4 is 16.4 Å². The Morgan fingerprint density at radius 3 is 2.87 bits per heavy atom. The van der Waals surface area contributed by atoms with Crippen LogP contribution >= 0.6 is 0 Å². The van der Waals surface area contributed by atoms with Gasteiger partial charge in [-0.25, -0.2) is 4.79 Å². The number of carbonyl (C=O) groups is 1. The summed E-state index contributed by atoms with van der Waals surface area (Å²) in [6.07, 6.45) is 1.39. The van der Waals surface area contributed by atoms with E-state index in [2.05, 4.69) is 15.6 Å². The van der Waals surface area contributed by atoms with Crippen LogP contribution in [0.4, 0.5) is 4.79 Å². The molecule has 6 heteroatoms. The number of amides is 2. The average molecular weight is 210 g/mol. The summed E-state index contributed by atoms with van der Waals surface area (Å²) in [5, 5.41) is 14.5. The summed E-state index contributed by atoms with van der Waals surface area (Å²) in [4.78, 5) is 14.3. The molecule has 0 fully saturated rings. The number of hydrogen-bond acceptors (Lipinski definition) is 4. The van der Waals surface area contributed by atoms with Gasteiger partial charge in [0, 0.05) is 19.6 Å². The van der Waals surface area contributed by atoms with E-state index in [9.17, 15) is 4.79 Å². The molecule has 0 radical (unpaired) electrons. The van der Waals surface area contributed by atoms with Gasteiger partial charge in [-0.15, -0.1) is 0 Å². The van der Waals surface area contributed by atoms with E-state index in [1.54, 1.807) is 12.1 Å². The number of rotatable bonds is 5. The Morgan fingerprint density at radius 2 is 2.27 bits per heavy atom. The maximum atomic E-state index is 10.3. The lowest BCUT2D eigenvalue weighted by molar-refractivity contribution is 0.249. The quantitative estimate of drug-likeness (QED) is 0.494. The van der Waals surface area contributed by atoms with Gasteiger partial charge in [-0.2, -0.15) is 0 Å². The van der Waals surface area contributed by atoms with Crippen LogP contribution in [0.2, 0.25) is 0 Å². The van der Waals surface area contributed by atoms with Gasteiger partial charge in [0.2, 0.25) is 0 Å². The second-order valence-electron chi connectivity index (χ2n) is 2.98. The number of primary amides is 1. The number of aromatic nitrogens is 1. The number of carbonyl (C=O) groups excluding carboxylic acids is 1. The summed E-state index contributed by atoms with van der Waals surface area (Å²) >= 11 is 0. The van der Waals surface area contributed by atoms with Gasteiger partial charge in [0.1, 0.15) is 5.75 Å². The second-order valence-corrected chi connectivity index (χ2v) is 2.98. The van der Waals surface area contributed by atoms with E-state index >= 15 is 0 Å². The minimum absolute atomic E-state index is 0.147. The maximum absolute atomic E-state index is 10.3. The van der Waals surface area contributed by atoms with Crippen LogP contribution in [-0.4, -0.2) is 29.2 Å². The number of nitrogens with zero attached hydrogens (tertiary/aromatic N) is 1. The van der Waals surface area contributed by atoms with E-state index < -0.39 is 6.03 Å². The fraction of sp³-hybridized carbons (Fsp3) is 0.333. The second kappa shape index (κ2) is 5.82. The predicted octanol–water partition coefficient (Wildman–Crippen LogP) is -0.455. The number of hydrogen-bond donors (Lipinski definition) is 4. The van der Waals surface area contributed by atoms with Gasteiger partial charge in [-0.1, -0.05) is 0 Å². The number of nitrogens with two attached hydrogens (primary N) is 1. The van der Waals surface area contributed by atoms with Gasteiger partial charge in [0.25, 0.3) is 0 Å². The Labute approximate surface area is 87.5 Å². The van der Waals surface area contributed by atoms with E-state index in [-0.39, 0.29) is 5.75 Å². The summed E-state index contributed by atoms with van der Waals surface area (Å²) in [5.74, 6) is 0.147. The van der Waals surface area contributed by atoms with Crippen molar-refractivity contribution in [3.63, 3.8) is 0 Å². The molecule has 1 heterocycles. The van der Waals surface area contributed by atoms with Crippen LogP contribution in [0.1, 0.15) is 5.69 Å². The lowest BCUT2D eigenvalue weighted by atomic mass is 10.3. The highest BCUT2D eigenvalue weighted by molar-refractivity contribution is 5.71. The average Bonchev–Trinajstić information content (AvgIpc) is 2.20. The summed E-state index contributed by atoms with van der Waals surface area (Å²) in [5.41, 5.74) is 5.71. The first-order valence-electron chi connectivity index (χ1n) is 4.56. The maximum Gasteiger partial charge on any atom is 0.312 e. The van der Waals surface area contributed by atoms with Crippen LogP contribution in [-0.2, 0) is 6.54 Å². The predicted molar refractivity (Wildman–Crippen MR) is 55.2 cm³/mol. The van der Waals surface area contributed by atoms with Crippen LogP contribution in [0.25, 0.3) is 0 Å². The Balaban J connectivity index is 2.15. The summed E-state index contributed by atoms with van der Waals surface area (Å²) in [6, 6.07) is 2.77. The molecule has 1 aromatic rings. The largest absolute Gasteiger partial charge is 0.506 e. The third kappa shape index (κ3) is 4.82. The molecule has 0 aromatic carbocycles. The molecule has 0 bridgehead atoms. The van der Waals surface area contributed by atoms with Crippen LogP contribution in [0.5, 0.6) is 5.75 Å². The van der Waals surface area contributed by atoms with Crippen LogP contribution in [0.15, 0.2) is 18.3 Å². The highest BCUT2D eigenvalue weighted by Gasteiger charge is 1.95. The van der Waals surface area contributed by atoms with Gasteiger partial charge in [-0.05, 0) is 12.1 Å². The first-order valence-corrected chi connectivity index (χ1v) is 4.56. The lowest BCUT2D eigenvalue weighted by Gasteiger charge is -2.04. The molecule has 15 heavy (non-hydrogen) atoms. The molecule has 1 aromatic heterocycles. The molecule has 6 nitrogen and oxygen atoms in total. The molecule has 0 spiro atoms. The minimum Gasteiger partial charge on any atom is -0.506 e. The number of nitrogens with one attached hydrogen (secondary N) is 2. The third-order valence-corrected chi connectivity index (χ3v) is 1.72. The van der Waals surface area contributed by atoms with E-state index in [4.69, 9.17) is 10.8 Å². The molecule has 5 N–H and O–H groups in total. The van der Waals surface area contributed by atoms with Crippen molar-refractivity contribution in [2.24, 2.45) is 5.73 Å². The molecule has 0 aliphatic carbocycles. The zero-order chi connectivity index (χ0) is 11.1. The molecule has 82 valence electrons. The Hall–Kier alpha value is -1.82. The van der Waals surface area contributed by atoms with Crippen molar-refractivity contribution in [3.05, 3.63) is 24.0 Å². The van der Waals surface area contributed by atoms with Crippen molar-refractivity contribution in [2.45, 2.75) is 6.54 Å². The van der Waals surface area contributed by atoms with Crippen LogP contribution in [0, 0.1) is 0 Å². The SMILES string of the molecule is NC(=O)NCCNCc1ccc(O)cn1. The summed E-state index contributed by atoms with van der Waals surface area (Å²) < 4.78 is 0. The fourth-order valence-corrected chi connectivity index (χ4v) is 1.01. The first-order chi connectivity index (χ1) is 7.18. The summed E-state index contributed by atoms with van der Waals surface area (Å²) in [7, 11) is 0. The van der Waals surface area contributed by atoms with Gasteiger partial charge < -0.3 is 21.5 Å². The topological polar surface area (TPSA) is 100 Å². The summed E-state index contributed by atoms with van der Waals surface area (Å²) in [6.45, 7) is 1.68. The molecule has 0 aliphatic rings. The molecule has 0 saturated heterocycles. The number of pyridine rings is 1. The van der Waals surface area contributed by atoms with Crippen molar-refractivity contribution < 1.29 is 9.90 Å². The minimum atomic E-state index is -0.528. The van der Waals surface area contributed by atoms with E-state index in [0.29, 0.717) is 19.6 Å². The molecular formula is C9H14N4O2. The van der Waals surface area contributed by atoms with Gasteiger partial charge >= 0.3 is 6.03 Å². The van der Waals surface area contributed by atoms with Crippen molar-refractivity contribution in [1.29, 1.82) is 0 Å². The molecule has 0 atom stereocenters. The van der Waals surface area contributed by atoms with Crippen LogP contribution in [0.3, 0.4) is 0 Å². The van der Waals surface area contributed by atoms with Gasteiger partial charge in [0.05, 0.1) is 11.9 Å². The highest BCUT2D eigenvalue weighted by Crippen LogP contribution is 2.05. The monoisotopic (exact) mass is 210 g/mol. The molecule has 0 saturated carbocycles. The van der Waals surface area contributed by atoms with E-state index in [0.717, 1.165) is 5.69 Å². The molecule has 0 unspecified atom stereocenters. The molecular weight excluding hydrogens is 196 g/mol. The van der Waals surface area contributed by atoms with Crippen molar-refractivity contribution in [2.75, 3.05) is 13.1 Å². The normalized spacial score (nSPS) is 9.87.